The molecule has 0 fully saturated rings. The molecule has 0 spiro atoms. The zero-order valence-corrected chi connectivity index (χ0v) is 7.67. The van der Waals surface area contributed by atoms with Crippen LogP contribution in [-0.4, -0.2) is 15.8 Å². The van der Waals surface area contributed by atoms with Gasteiger partial charge < -0.3 is 5.21 Å². The van der Waals surface area contributed by atoms with E-state index < -0.39 is 4.92 Å². The fourth-order valence-electron chi connectivity index (χ4n) is 1.19. The maximum Gasteiger partial charge on any atom is 0.278 e. The van der Waals surface area contributed by atoms with Crippen LogP contribution in [0.2, 0.25) is 0 Å². The molecule has 5 nitrogen and oxygen atoms in total. The Hall–Kier alpha value is -1.91. The summed E-state index contributed by atoms with van der Waals surface area (Å²) in [6.07, 6.45) is 0.446. The highest BCUT2D eigenvalue weighted by Gasteiger charge is 2.16. The Morgan fingerprint density at radius 3 is 2.71 bits per heavy atom. The van der Waals surface area contributed by atoms with Crippen LogP contribution in [0.3, 0.4) is 0 Å². The van der Waals surface area contributed by atoms with Crippen molar-refractivity contribution < 1.29 is 10.1 Å². The molecule has 1 N–H and O–H groups in total. The molecule has 0 bridgehead atoms. The molecule has 1 aromatic rings. The second kappa shape index (κ2) is 4.36. The fourth-order valence-corrected chi connectivity index (χ4v) is 1.19. The van der Waals surface area contributed by atoms with Gasteiger partial charge in [0.1, 0.15) is 0 Å². The van der Waals surface area contributed by atoms with E-state index in [2.05, 4.69) is 5.16 Å². The topological polar surface area (TPSA) is 75.7 Å². The smallest absolute Gasteiger partial charge is 0.278 e. The highest BCUT2D eigenvalue weighted by Crippen LogP contribution is 2.19. The number of hydrogen-bond donors (Lipinski definition) is 1. The monoisotopic (exact) mass is 194 g/mol. The van der Waals surface area contributed by atoms with E-state index in [9.17, 15) is 10.1 Å². The molecule has 0 heterocycles. The summed E-state index contributed by atoms with van der Waals surface area (Å²) in [5, 5.41) is 22.3. The van der Waals surface area contributed by atoms with Gasteiger partial charge in [-0.3, -0.25) is 10.1 Å². The molecule has 14 heavy (non-hydrogen) atoms. The largest absolute Gasteiger partial charge is 0.411 e. The Bertz CT molecular complexity index is 374. The van der Waals surface area contributed by atoms with Gasteiger partial charge in [-0.25, -0.2) is 0 Å². The zero-order chi connectivity index (χ0) is 10.6. The molecule has 0 aliphatic carbocycles. The Balaban J connectivity index is 3.26. The van der Waals surface area contributed by atoms with Crippen molar-refractivity contribution >= 4 is 11.4 Å². The van der Waals surface area contributed by atoms with Gasteiger partial charge in [-0.05, 0) is 12.5 Å². The molecule has 0 unspecified atom stereocenters. The number of oxime groups is 1. The Morgan fingerprint density at radius 2 is 2.21 bits per heavy atom. The van der Waals surface area contributed by atoms with Crippen LogP contribution in [0.4, 0.5) is 5.69 Å². The molecule has 0 radical (unpaired) electrons. The highest BCUT2D eigenvalue weighted by molar-refractivity contribution is 6.03. The SMILES string of the molecule is CCC(=NO)c1ccccc1[N+](=O)[O-]. The number of rotatable bonds is 3. The lowest BCUT2D eigenvalue weighted by Crippen LogP contribution is -2.03. The van der Waals surface area contributed by atoms with Crippen molar-refractivity contribution in [1.29, 1.82) is 0 Å². The third kappa shape index (κ3) is 1.87. The molecular weight excluding hydrogens is 184 g/mol. The van der Waals surface area contributed by atoms with Gasteiger partial charge in [0.25, 0.3) is 5.69 Å². The first-order valence-electron chi connectivity index (χ1n) is 4.15. The minimum absolute atomic E-state index is 0.0397. The van der Waals surface area contributed by atoms with Gasteiger partial charge >= 0.3 is 0 Å². The number of nitro groups is 1. The number of hydrogen-bond acceptors (Lipinski definition) is 4. The van der Waals surface area contributed by atoms with E-state index in [1.807, 2.05) is 0 Å². The van der Waals surface area contributed by atoms with Gasteiger partial charge in [-0.2, -0.15) is 0 Å². The summed E-state index contributed by atoms with van der Waals surface area (Å²) >= 11 is 0. The standard InChI is InChI=1S/C9H10N2O3/c1-2-8(10-12)7-5-3-4-6-9(7)11(13)14/h3-6,12H,2H2,1H3. The van der Waals surface area contributed by atoms with Crippen molar-refractivity contribution in [3.8, 4) is 0 Å². The summed E-state index contributed by atoms with van der Waals surface area (Å²) in [5.74, 6) is 0. The Morgan fingerprint density at radius 1 is 1.57 bits per heavy atom. The average Bonchev–Trinajstić information content (AvgIpc) is 2.20. The van der Waals surface area contributed by atoms with Crippen LogP contribution in [-0.2, 0) is 0 Å². The average molecular weight is 194 g/mol. The fraction of sp³-hybridized carbons (Fsp3) is 0.222. The summed E-state index contributed by atoms with van der Waals surface area (Å²) in [6.45, 7) is 1.77. The maximum absolute atomic E-state index is 10.6. The lowest BCUT2D eigenvalue weighted by atomic mass is 10.1. The van der Waals surface area contributed by atoms with Gasteiger partial charge in [-0.1, -0.05) is 24.2 Å². The van der Waals surface area contributed by atoms with Crippen LogP contribution in [0.25, 0.3) is 0 Å². The van der Waals surface area contributed by atoms with Gasteiger partial charge in [0.15, 0.2) is 0 Å². The minimum Gasteiger partial charge on any atom is -0.411 e. The van der Waals surface area contributed by atoms with Crippen LogP contribution < -0.4 is 0 Å². The van der Waals surface area contributed by atoms with E-state index in [1.165, 1.54) is 6.07 Å². The Kier molecular flexibility index (Phi) is 3.17. The second-order valence-corrected chi connectivity index (χ2v) is 2.67. The zero-order valence-electron chi connectivity index (χ0n) is 7.67. The van der Waals surface area contributed by atoms with Gasteiger partial charge in [0.05, 0.1) is 16.2 Å². The first-order valence-corrected chi connectivity index (χ1v) is 4.15. The van der Waals surface area contributed by atoms with Crippen molar-refractivity contribution in [3.05, 3.63) is 39.9 Å². The van der Waals surface area contributed by atoms with Crippen LogP contribution in [0.5, 0.6) is 0 Å². The summed E-state index contributed by atoms with van der Waals surface area (Å²) in [7, 11) is 0. The summed E-state index contributed by atoms with van der Waals surface area (Å²) < 4.78 is 0. The number of nitrogens with zero attached hydrogens (tertiary/aromatic N) is 2. The predicted octanol–water partition coefficient (Wildman–Crippen LogP) is 2.18. The van der Waals surface area contributed by atoms with Crippen LogP contribution in [0.15, 0.2) is 29.4 Å². The summed E-state index contributed by atoms with van der Waals surface area (Å²) in [4.78, 5) is 10.1. The van der Waals surface area contributed by atoms with E-state index in [0.29, 0.717) is 17.7 Å². The number of benzene rings is 1. The first kappa shape index (κ1) is 10.2. The molecular formula is C9H10N2O3. The maximum atomic E-state index is 10.6. The quantitative estimate of drug-likeness (QED) is 0.347. The van der Waals surface area contributed by atoms with Gasteiger partial charge in [-0.15, -0.1) is 0 Å². The molecule has 1 aromatic carbocycles. The van der Waals surface area contributed by atoms with Crippen LogP contribution in [0, 0.1) is 10.1 Å². The van der Waals surface area contributed by atoms with Crippen molar-refractivity contribution in [2.75, 3.05) is 0 Å². The van der Waals surface area contributed by atoms with E-state index in [4.69, 9.17) is 5.21 Å². The molecule has 0 atom stereocenters. The lowest BCUT2D eigenvalue weighted by molar-refractivity contribution is -0.385. The van der Waals surface area contributed by atoms with Crippen LogP contribution >= 0.6 is 0 Å². The second-order valence-electron chi connectivity index (χ2n) is 2.67. The third-order valence-electron chi connectivity index (χ3n) is 1.87. The van der Waals surface area contributed by atoms with E-state index in [1.54, 1.807) is 25.1 Å². The summed E-state index contributed by atoms with van der Waals surface area (Å²) in [5.41, 5.74) is 0.641. The number of nitro benzene ring substituents is 1. The normalized spacial score (nSPS) is 11.4. The summed E-state index contributed by atoms with van der Waals surface area (Å²) in [6, 6.07) is 6.20. The molecule has 0 amide bonds. The minimum atomic E-state index is -0.490. The Labute approximate surface area is 80.8 Å². The van der Waals surface area contributed by atoms with E-state index in [-0.39, 0.29) is 5.69 Å². The first-order chi connectivity index (χ1) is 6.70. The molecule has 5 heteroatoms. The van der Waals surface area contributed by atoms with Crippen molar-refractivity contribution in [2.24, 2.45) is 5.16 Å². The molecule has 0 saturated heterocycles. The number of para-hydroxylation sites is 1. The van der Waals surface area contributed by atoms with Crippen molar-refractivity contribution in [1.82, 2.24) is 0 Å². The van der Waals surface area contributed by atoms with Crippen LogP contribution in [0.1, 0.15) is 18.9 Å². The molecule has 0 aliphatic rings. The molecule has 74 valence electrons. The molecule has 0 aromatic heterocycles. The third-order valence-corrected chi connectivity index (χ3v) is 1.87. The lowest BCUT2D eigenvalue weighted by Gasteiger charge is -2.01. The van der Waals surface area contributed by atoms with Gasteiger partial charge in [0.2, 0.25) is 0 Å². The van der Waals surface area contributed by atoms with Crippen molar-refractivity contribution in [3.63, 3.8) is 0 Å². The van der Waals surface area contributed by atoms with Crippen molar-refractivity contribution in [2.45, 2.75) is 13.3 Å². The van der Waals surface area contributed by atoms with E-state index in [0.717, 1.165) is 0 Å². The van der Waals surface area contributed by atoms with E-state index >= 15 is 0 Å². The molecule has 0 aliphatic heterocycles. The predicted molar refractivity (Wildman–Crippen MR) is 51.7 cm³/mol. The highest BCUT2D eigenvalue weighted by atomic mass is 16.6. The van der Waals surface area contributed by atoms with Gasteiger partial charge in [0, 0.05) is 6.07 Å². The molecule has 0 saturated carbocycles. The molecule has 1 rings (SSSR count).